The molecular formula is C29H21ClN2O3. The fourth-order valence-electron chi connectivity index (χ4n) is 4.35. The number of ketones is 1. The largest absolute Gasteiger partial charge is 0.324 e. The molecule has 0 saturated heterocycles. The van der Waals surface area contributed by atoms with E-state index in [0.717, 1.165) is 11.1 Å². The smallest absolute Gasteiger partial charge is 0.255 e. The quantitative estimate of drug-likeness (QED) is 0.378. The number of nitrogens with zero attached hydrogens (tertiary/aromatic N) is 1. The first-order valence-electron chi connectivity index (χ1n) is 11.2. The highest BCUT2D eigenvalue weighted by atomic mass is 35.5. The Kier molecular flexibility index (Phi) is 6.17. The Morgan fingerprint density at radius 1 is 0.771 bits per heavy atom. The Hall–Kier alpha value is -4.22. The van der Waals surface area contributed by atoms with Crippen molar-refractivity contribution >= 4 is 34.9 Å². The van der Waals surface area contributed by atoms with Gasteiger partial charge in [-0.3, -0.25) is 14.4 Å². The van der Waals surface area contributed by atoms with Crippen molar-refractivity contribution in [3.8, 4) is 0 Å². The van der Waals surface area contributed by atoms with Gasteiger partial charge in [0, 0.05) is 33.0 Å². The summed E-state index contributed by atoms with van der Waals surface area (Å²) in [5.41, 5.74) is 3.66. The maximum atomic E-state index is 13.8. The van der Waals surface area contributed by atoms with E-state index in [0.29, 0.717) is 27.4 Å². The van der Waals surface area contributed by atoms with Crippen LogP contribution in [0, 0.1) is 0 Å². The van der Waals surface area contributed by atoms with Gasteiger partial charge in [0.2, 0.25) is 5.91 Å². The second kappa shape index (κ2) is 9.57. The molecule has 5 rings (SSSR count). The Morgan fingerprint density at radius 3 is 2.06 bits per heavy atom. The molecule has 0 spiro atoms. The molecule has 0 saturated carbocycles. The van der Waals surface area contributed by atoms with Crippen molar-refractivity contribution in [3.63, 3.8) is 0 Å². The van der Waals surface area contributed by atoms with E-state index in [4.69, 9.17) is 11.6 Å². The molecule has 0 aliphatic carbocycles. The zero-order valence-corrected chi connectivity index (χ0v) is 19.4. The highest BCUT2D eigenvalue weighted by Crippen LogP contribution is 2.38. The van der Waals surface area contributed by atoms with Crippen LogP contribution in [-0.2, 0) is 4.79 Å². The van der Waals surface area contributed by atoms with Gasteiger partial charge in [0.25, 0.3) is 5.91 Å². The third-order valence-electron chi connectivity index (χ3n) is 6.01. The van der Waals surface area contributed by atoms with Gasteiger partial charge in [-0.15, -0.1) is 0 Å². The maximum Gasteiger partial charge on any atom is 0.255 e. The summed E-state index contributed by atoms with van der Waals surface area (Å²) in [5, 5.41) is 3.40. The van der Waals surface area contributed by atoms with Gasteiger partial charge < -0.3 is 10.2 Å². The summed E-state index contributed by atoms with van der Waals surface area (Å²) in [6.07, 6.45) is 0. The van der Waals surface area contributed by atoms with Gasteiger partial charge in [-0.2, -0.15) is 0 Å². The minimum atomic E-state index is -0.526. The van der Waals surface area contributed by atoms with Crippen LogP contribution in [0.15, 0.2) is 103 Å². The van der Waals surface area contributed by atoms with Crippen LogP contribution >= 0.6 is 11.6 Å². The van der Waals surface area contributed by atoms with Crippen molar-refractivity contribution in [3.05, 3.63) is 136 Å². The lowest BCUT2D eigenvalue weighted by Gasteiger charge is -2.30. The lowest BCUT2D eigenvalue weighted by atomic mass is 9.95. The summed E-state index contributed by atoms with van der Waals surface area (Å²) >= 11 is 6.31. The average molecular weight is 481 g/mol. The molecule has 1 N–H and O–H groups in total. The zero-order chi connectivity index (χ0) is 24.4. The van der Waals surface area contributed by atoms with Crippen molar-refractivity contribution in [2.45, 2.75) is 6.04 Å². The molecule has 1 heterocycles. The molecule has 35 heavy (non-hydrogen) atoms. The minimum absolute atomic E-state index is 0.121. The Morgan fingerprint density at radius 2 is 1.37 bits per heavy atom. The molecule has 0 bridgehead atoms. The Bertz CT molecular complexity index is 1400. The number of carbonyl (C=O) groups is 3. The molecule has 1 aliphatic rings. The van der Waals surface area contributed by atoms with Crippen LogP contribution in [0.2, 0.25) is 5.02 Å². The first-order valence-corrected chi connectivity index (χ1v) is 11.5. The highest BCUT2D eigenvalue weighted by Gasteiger charge is 2.34. The normalized spacial score (nSPS) is 15.1. The molecule has 1 atom stereocenters. The van der Waals surface area contributed by atoms with E-state index in [-0.39, 0.29) is 24.1 Å². The van der Waals surface area contributed by atoms with E-state index in [1.807, 2.05) is 48.5 Å². The van der Waals surface area contributed by atoms with Gasteiger partial charge in [-0.25, -0.2) is 0 Å². The number of hydrogen-bond acceptors (Lipinski definition) is 3. The van der Waals surface area contributed by atoms with Gasteiger partial charge in [-0.1, -0.05) is 84.4 Å². The molecule has 4 aromatic rings. The molecule has 4 aromatic carbocycles. The summed E-state index contributed by atoms with van der Waals surface area (Å²) in [6.45, 7) is -0.130. The van der Waals surface area contributed by atoms with Gasteiger partial charge >= 0.3 is 0 Å². The van der Waals surface area contributed by atoms with Crippen molar-refractivity contribution in [2.24, 2.45) is 0 Å². The number of carbonyl (C=O) groups excluding carboxylic acids is 3. The zero-order valence-electron chi connectivity index (χ0n) is 18.6. The number of fused-ring (bicyclic) bond motifs is 1. The molecule has 0 unspecified atom stereocenters. The number of halogens is 1. The molecule has 0 fully saturated rings. The second-order valence-electron chi connectivity index (χ2n) is 8.30. The molecule has 6 heteroatoms. The second-order valence-corrected chi connectivity index (χ2v) is 8.73. The van der Waals surface area contributed by atoms with E-state index < -0.39 is 6.04 Å². The van der Waals surface area contributed by atoms with Crippen LogP contribution in [0.3, 0.4) is 0 Å². The predicted molar refractivity (Wildman–Crippen MR) is 136 cm³/mol. The summed E-state index contributed by atoms with van der Waals surface area (Å²) < 4.78 is 0. The standard InChI is InChI=1S/C29H21ClN2O3/c30-23-15-16-25-24(17-23)27(19-7-3-1-4-8-19)32(18-26(33)31-25)29(35)22-13-11-21(12-14-22)28(34)20-9-5-2-6-10-20/h1-17,27H,18H2,(H,31,33)/t27-/m0/s1. The third-order valence-corrected chi connectivity index (χ3v) is 6.25. The molecule has 5 nitrogen and oxygen atoms in total. The van der Waals surface area contributed by atoms with Crippen molar-refractivity contribution in [1.29, 1.82) is 0 Å². The first kappa shape index (κ1) is 22.6. The Balaban J connectivity index is 1.53. The van der Waals surface area contributed by atoms with Crippen LogP contribution in [0.5, 0.6) is 0 Å². The van der Waals surface area contributed by atoms with E-state index >= 15 is 0 Å². The van der Waals surface area contributed by atoms with Gasteiger partial charge in [0.05, 0.1) is 6.04 Å². The Labute approximate surface area is 208 Å². The lowest BCUT2D eigenvalue weighted by molar-refractivity contribution is -0.117. The monoisotopic (exact) mass is 480 g/mol. The number of benzene rings is 4. The van der Waals surface area contributed by atoms with Crippen LogP contribution in [0.25, 0.3) is 0 Å². The highest BCUT2D eigenvalue weighted by molar-refractivity contribution is 6.30. The van der Waals surface area contributed by atoms with Crippen LogP contribution in [0.1, 0.15) is 43.4 Å². The summed E-state index contributed by atoms with van der Waals surface area (Å²) in [5.74, 6) is -0.735. The van der Waals surface area contributed by atoms with Crippen LogP contribution in [0.4, 0.5) is 5.69 Å². The van der Waals surface area contributed by atoms with Crippen molar-refractivity contribution in [2.75, 3.05) is 11.9 Å². The summed E-state index contributed by atoms with van der Waals surface area (Å²) in [4.78, 5) is 40.8. The average Bonchev–Trinajstić information content (AvgIpc) is 3.04. The minimum Gasteiger partial charge on any atom is -0.324 e. The first-order chi connectivity index (χ1) is 17.0. The molecule has 0 radical (unpaired) electrons. The number of nitrogens with one attached hydrogen (secondary N) is 1. The fourth-order valence-corrected chi connectivity index (χ4v) is 4.53. The van der Waals surface area contributed by atoms with E-state index in [1.54, 1.807) is 59.5 Å². The van der Waals surface area contributed by atoms with E-state index in [1.165, 1.54) is 0 Å². The summed E-state index contributed by atoms with van der Waals surface area (Å²) in [6, 6.07) is 29.8. The molecular weight excluding hydrogens is 460 g/mol. The molecule has 172 valence electrons. The number of anilines is 1. The SMILES string of the molecule is O=C1CN(C(=O)c2ccc(C(=O)c3ccccc3)cc2)[C@@H](c2ccccc2)c2cc(Cl)ccc2N1. The molecule has 0 aromatic heterocycles. The number of rotatable bonds is 4. The van der Waals surface area contributed by atoms with Crippen LogP contribution < -0.4 is 5.32 Å². The number of amides is 2. The van der Waals surface area contributed by atoms with Gasteiger partial charge in [0.1, 0.15) is 6.54 Å². The van der Waals surface area contributed by atoms with E-state index in [2.05, 4.69) is 5.32 Å². The third kappa shape index (κ3) is 4.59. The molecule has 2 amide bonds. The molecule has 1 aliphatic heterocycles. The van der Waals surface area contributed by atoms with Gasteiger partial charge in [0.15, 0.2) is 5.78 Å². The summed E-state index contributed by atoms with van der Waals surface area (Å²) in [7, 11) is 0. The van der Waals surface area contributed by atoms with Crippen molar-refractivity contribution in [1.82, 2.24) is 4.90 Å². The van der Waals surface area contributed by atoms with Crippen molar-refractivity contribution < 1.29 is 14.4 Å². The topological polar surface area (TPSA) is 66.5 Å². The fraction of sp³-hybridized carbons (Fsp3) is 0.0690. The van der Waals surface area contributed by atoms with Gasteiger partial charge in [-0.05, 0) is 35.9 Å². The lowest BCUT2D eigenvalue weighted by Crippen LogP contribution is -2.39. The number of hydrogen-bond donors (Lipinski definition) is 1. The van der Waals surface area contributed by atoms with Crippen LogP contribution in [-0.4, -0.2) is 29.0 Å². The predicted octanol–water partition coefficient (Wildman–Crippen LogP) is 5.75. The maximum absolute atomic E-state index is 13.8. The van der Waals surface area contributed by atoms with E-state index in [9.17, 15) is 14.4 Å².